The molecule has 21 heavy (non-hydrogen) atoms. The van der Waals surface area contributed by atoms with E-state index in [2.05, 4.69) is 15.9 Å². The first-order valence-electron chi connectivity index (χ1n) is 6.51. The fourth-order valence-corrected chi connectivity index (χ4v) is 3.58. The van der Waals surface area contributed by atoms with Crippen molar-refractivity contribution < 1.29 is 18.3 Å². The van der Waals surface area contributed by atoms with Gasteiger partial charge in [0.25, 0.3) is 0 Å². The summed E-state index contributed by atoms with van der Waals surface area (Å²) in [5.74, 6) is 0. The van der Waals surface area contributed by atoms with E-state index in [0.717, 1.165) is 16.1 Å². The highest BCUT2D eigenvalue weighted by molar-refractivity contribution is 9.10. The van der Waals surface area contributed by atoms with E-state index in [0.29, 0.717) is 12.0 Å². The molecule has 0 fully saturated rings. The van der Waals surface area contributed by atoms with Crippen LogP contribution < -0.4 is 0 Å². The molecule has 1 unspecified atom stereocenters. The number of rotatable bonds is 1. The molecule has 1 nitrogen and oxygen atoms in total. The number of alkyl halides is 3. The van der Waals surface area contributed by atoms with Gasteiger partial charge in [0.05, 0.1) is 5.56 Å². The third kappa shape index (κ3) is 2.28. The summed E-state index contributed by atoms with van der Waals surface area (Å²) >= 11 is 3.40. The molecule has 1 atom stereocenters. The van der Waals surface area contributed by atoms with Crippen LogP contribution in [0.4, 0.5) is 13.2 Å². The molecule has 5 heteroatoms. The molecule has 110 valence electrons. The summed E-state index contributed by atoms with van der Waals surface area (Å²) in [5, 5.41) is 11.0. The quantitative estimate of drug-likeness (QED) is 0.788. The summed E-state index contributed by atoms with van der Waals surface area (Å²) < 4.78 is 40.4. The lowest BCUT2D eigenvalue weighted by Crippen LogP contribution is -2.27. The summed E-state index contributed by atoms with van der Waals surface area (Å²) in [5.41, 5.74) is -1.02. The normalized spacial score (nSPS) is 21.4. The monoisotopic (exact) mass is 356 g/mol. The van der Waals surface area contributed by atoms with Crippen LogP contribution in [0, 0.1) is 0 Å². The van der Waals surface area contributed by atoms with E-state index in [-0.39, 0.29) is 12.0 Å². The smallest absolute Gasteiger partial charge is 0.380 e. The fraction of sp³-hybridized carbons (Fsp3) is 0.250. The standard InChI is InChI=1S/C16H12BrF3O/c17-14-7-3-6-11-10(14)8-9-15(11,21)12-4-1-2-5-13(12)16(18,19)20/h1-7,21H,8-9H2. The molecule has 0 heterocycles. The molecule has 0 spiro atoms. The molecule has 0 aliphatic heterocycles. The lowest BCUT2D eigenvalue weighted by atomic mass is 9.84. The van der Waals surface area contributed by atoms with Crippen molar-refractivity contribution in [2.24, 2.45) is 0 Å². The van der Waals surface area contributed by atoms with Crippen molar-refractivity contribution >= 4 is 15.9 Å². The maximum atomic E-state index is 13.2. The Morgan fingerprint density at radius 3 is 2.38 bits per heavy atom. The predicted molar refractivity (Wildman–Crippen MR) is 76.9 cm³/mol. The van der Waals surface area contributed by atoms with Crippen LogP contribution >= 0.6 is 15.9 Å². The maximum absolute atomic E-state index is 13.2. The Morgan fingerprint density at radius 1 is 1.00 bits per heavy atom. The van der Waals surface area contributed by atoms with Crippen molar-refractivity contribution in [3.8, 4) is 0 Å². The Bertz CT molecular complexity index is 696. The lowest BCUT2D eigenvalue weighted by molar-refractivity contribution is -0.140. The highest BCUT2D eigenvalue weighted by atomic mass is 79.9. The summed E-state index contributed by atoms with van der Waals surface area (Å²) in [6.45, 7) is 0. The van der Waals surface area contributed by atoms with Crippen molar-refractivity contribution in [2.45, 2.75) is 24.6 Å². The zero-order chi connectivity index (χ0) is 15.3. The first-order valence-corrected chi connectivity index (χ1v) is 7.30. The minimum absolute atomic E-state index is 0.0747. The van der Waals surface area contributed by atoms with Gasteiger partial charge in [0.2, 0.25) is 0 Å². The maximum Gasteiger partial charge on any atom is 0.416 e. The van der Waals surface area contributed by atoms with E-state index in [1.54, 1.807) is 12.1 Å². The van der Waals surface area contributed by atoms with Crippen molar-refractivity contribution in [3.63, 3.8) is 0 Å². The van der Waals surface area contributed by atoms with E-state index >= 15 is 0 Å². The van der Waals surface area contributed by atoms with Gasteiger partial charge >= 0.3 is 6.18 Å². The van der Waals surface area contributed by atoms with Gasteiger partial charge in [-0.25, -0.2) is 0 Å². The number of fused-ring (bicyclic) bond motifs is 1. The molecule has 0 saturated heterocycles. The first kappa shape index (κ1) is 14.6. The topological polar surface area (TPSA) is 20.2 Å². The zero-order valence-electron chi connectivity index (χ0n) is 10.9. The molecule has 0 saturated carbocycles. The highest BCUT2D eigenvalue weighted by Gasteiger charge is 2.45. The molecule has 1 aliphatic carbocycles. The molecular formula is C16H12BrF3O. The van der Waals surface area contributed by atoms with Gasteiger partial charge in [-0.2, -0.15) is 13.2 Å². The lowest BCUT2D eigenvalue weighted by Gasteiger charge is -2.28. The summed E-state index contributed by atoms with van der Waals surface area (Å²) in [7, 11) is 0. The third-order valence-electron chi connectivity index (χ3n) is 3.98. The van der Waals surface area contributed by atoms with E-state index in [1.807, 2.05) is 6.07 Å². The van der Waals surface area contributed by atoms with Gasteiger partial charge in [-0.15, -0.1) is 0 Å². The number of halogens is 4. The molecule has 1 N–H and O–H groups in total. The number of benzene rings is 2. The van der Waals surface area contributed by atoms with Crippen LogP contribution in [-0.4, -0.2) is 5.11 Å². The Morgan fingerprint density at radius 2 is 1.67 bits per heavy atom. The molecular weight excluding hydrogens is 345 g/mol. The van der Waals surface area contributed by atoms with Gasteiger partial charge < -0.3 is 5.11 Å². The molecule has 3 rings (SSSR count). The van der Waals surface area contributed by atoms with Crippen LogP contribution in [0.3, 0.4) is 0 Å². The van der Waals surface area contributed by atoms with Crippen LogP contribution in [-0.2, 0) is 18.2 Å². The van der Waals surface area contributed by atoms with Crippen molar-refractivity contribution in [3.05, 3.63) is 69.2 Å². The Balaban J connectivity index is 2.22. The fourth-order valence-electron chi connectivity index (χ4n) is 3.01. The van der Waals surface area contributed by atoms with Gasteiger partial charge in [0.1, 0.15) is 5.60 Å². The second kappa shape index (κ2) is 4.85. The Hall–Kier alpha value is -1.33. The van der Waals surface area contributed by atoms with E-state index in [9.17, 15) is 18.3 Å². The molecule has 1 aliphatic rings. The van der Waals surface area contributed by atoms with Crippen LogP contribution in [0.15, 0.2) is 46.9 Å². The van der Waals surface area contributed by atoms with Crippen molar-refractivity contribution in [2.75, 3.05) is 0 Å². The SMILES string of the molecule is OC1(c2ccccc2C(F)(F)F)CCc2c(Br)cccc21. The zero-order valence-corrected chi connectivity index (χ0v) is 12.5. The average Bonchev–Trinajstić information content (AvgIpc) is 2.78. The number of hydrogen-bond donors (Lipinski definition) is 1. The summed E-state index contributed by atoms with van der Waals surface area (Å²) in [4.78, 5) is 0. The second-order valence-corrected chi connectivity index (χ2v) is 6.02. The van der Waals surface area contributed by atoms with Crippen LogP contribution in [0.25, 0.3) is 0 Å². The van der Waals surface area contributed by atoms with Crippen molar-refractivity contribution in [1.82, 2.24) is 0 Å². The van der Waals surface area contributed by atoms with Gasteiger partial charge in [0.15, 0.2) is 0 Å². The predicted octanol–water partition coefficient (Wildman–Crippen LogP) is 4.65. The van der Waals surface area contributed by atoms with Gasteiger partial charge in [0, 0.05) is 10.0 Å². The van der Waals surface area contributed by atoms with E-state index < -0.39 is 17.3 Å². The highest BCUT2D eigenvalue weighted by Crippen LogP contribution is 2.47. The van der Waals surface area contributed by atoms with Crippen molar-refractivity contribution in [1.29, 1.82) is 0 Å². The van der Waals surface area contributed by atoms with E-state index in [4.69, 9.17) is 0 Å². The largest absolute Gasteiger partial charge is 0.416 e. The molecule has 0 amide bonds. The molecule has 0 aromatic heterocycles. The molecule has 0 radical (unpaired) electrons. The number of aliphatic hydroxyl groups is 1. The van der Waals surface area contributed by atoms with Crippen LogP contribution in [0.5, 0.6) is 0 Å². The Labute approximate surface area is 128 Å². The van der Waals surface area contributed by atoms with Gasteiger partial charge in [-0.05, 0) is 36.1 Å². The first-order chi connectivity index (χ1) is 9.84. The van der Waals surface area contributed by atoms with Crippen LogP contribution in [0.2, 0.25) is 0 Å². The molecule has 2 aromatic carbocycles. The van der Waals surface area contributed by atoms with E-state index in [1.165, 1.54) is 18.2 Å². The van der Waals surface area contributed by atoms with Gasteiger partial charge in [-0.3, -0.25) is 0 Å². The summed E-state index contributed by atoms with van der Waals surface area (Å²) in [6, 6.07) is 10.5. The summed E-state index contributed by atoms with van der Waals surface area (Å²) in [6.07, 6.45) is -3.70. The minimum Gasteiger partial charge on any atom is -0.380 e. The Kier molecular flexibility index (Phi) is 3.37. The van der Waals surface area contributed by atoms with Gasteiger partial charge in [-0.1, -0.05) is 46.3 Å². The average molecular weight is 357 g/mol. The second-order valence-electron chi connectivity index (χ2n) is 5.17. The molecule has 2 aromatic rings. The minimum atomic E-state index is -4.49. The molecule has 0 bridgehead atoms. The van der Waals surface area contributed by atoms with Crippen LogP contribution in [0.1, 0.15) is 28.7 Å². The third-order valence-corrected chi connectivity index (χ3v) is 4.72. The number of hydrogen-bond acceptors (Lipinski definition) is 1.